The van der Waals surface area contributed by atoms with E-state index in [9.17, 15) is 19.8 Å². The molecular weight excluding hydrogens is 489 g/mol. The van der Waals surface area contributed by atoms with Crippen LogP contribution in [-0.4, -0.2) is 29.0 Å². The molecule has 168 valence electrons. The molecule has 1 aliphatic heterocycles. The maximum atomic E-state index is 13.2. The van der Waals surface area contributed by atoms with Crippen LogP contribution in [0.15, 0.2) is 66.2 Å². The Balaban J connectivity index is 1.98. The van der Waals surface area contributed by atoms with Crippen molar-refractivity contribution in [1.29, 1.82) is 0 Å². The lowest BCUT2D eigenvalue weighted by atomic mass is 9.95. The van der Waals surface area contributed by atoms with Crippen LogP contribution >= 0.6 is 34.8 Å². The summed E-state index contributed by atoms with van der Waals surface area (Å²) in [6.45, 7) is 0. The van der Waals surface area contributed by atoms with Crippen LogP contribution < -0.4 is 9.64 Å². The summed E-state index contributed by atoms with van der Waals surface area (Å²) in [4.78, 5) is 27.5. The Morgan fingerprint density at radius 3 is 2.24 bits per heavy atom. The zero-order valence-corrected chi connectivity index (χ0v) is 19.3. The first kappa shape index (κ1) is 23.0. The maximum Gasteiger partial charge on any atom is 0.300 e. The number of aliphatic hydroxyl groups excluding tert-OH is 1. The maximum absolute atomic E-state index is 13.2. The van der Waals surface area contributed by atoms with Crippen molar-refractivity contribution in [2.24, 2.45) is 0 Å². The van der Waals surface area contributed by atoms with E-state index in [1.807, 2.05) is 0 Å². The van der Waals surface area contributed by atoms with Crippen LogP contribution in [0.25, 0.3) is 5.76 Å². The van der Waals surface area contributed by atoms with Crippen molar-refractivity contribution in [3.63, 3.8) is 0 Å². The number of amides is 1. The van der Waals surface area contributed by atoms with Gasteiger partial charge in [-0.05, 0) is 48.0 Å². The molecular formula is C24H16Cl3NO5. The van der Waals surface area contributed by atoms with Gasteiger partial charge in [-0.1, -0.05) is 53.0 Å². The minimum atomic E-state index is -1.05. The fourth-order valence-electron chi connectivity index (χ4n) is 3.78. The highest BCUT2D eigenvalue weighted by Crippen LogP contribution is 2.44. The smallest absolute Gasteiger partial charge is 0.300 e. The molecule has 9 heteroatoms. The lowest BCUT2D eigenvalue weighted by Crippen LogP contribution is -2.29. The highest BCUT2D eigenvalue weighted by atomic mass is 35.5. The summed E-state index contributed by atoms with van der Waals surface area (Å²) < 4.78 is 5.13. The number of aliphatic hydroxyl groups is 1. The third kappa shape index (κ3) is 4.13. The second kappa shape index (κ2) is 8.98. The molecule has 1 aliphatic rings. The Morgan fingerprint density at radius 1 is 0.970 bits per heavy atom. The number of nitrogens with zero attached hydrogens (tertiary/aromatic N) is 1. The molecule has 0 saturated carbocycles. The molecule has 0 radical (unpaired) electrons. The summed E-state index contributed by atoms with van der Waals surface area (Å²) in [5.74, 6) is -2.11. The molecule has 2 N–H and O–H groups in total. The molecule has 0 spiro atoms. The topological polar surface area (TPSA) is 87.1 Å². The third-order valence-corrected chi connectivity index (χ3v) is 5.99. The van der Waals surface area contributed by atoms with E-state index in [0.29, 0.717) is 16.3 Å². The molecule has 4 rings (SSSR count). The van der Waals surface area contributed by atoms with E-state index in [1.54, 1.807) is 30.3 Å². The van der Waals surface area contributed by atoms with Crippen molar-refractivity contribution in [3.8, 4) is 11.5 Å². The van der Waals surface area contributed by atoms with E-state index in [1.165, 1.54) is 42.3 Å². The molecule has 1 fully saturated rings. The predicted octanol–water partition coefficient (Wildman–Crippen LogP) is 5.99. The minimum Gasteiger partial charge on any atom is -0.508 e. The summed E-state index contributed by atoms with van der Waals surface area (Å²) >= 11 is 18.5. The van der Waals surface area contributed by atoms with Crippen molar-refractivity contribution in [3.05, 3.63) is 92.4 Å². The number of ether oxygens (including phenoxy) is 1. The number of methoxy groups -OCH3 is 1. The molecule has 33 heavy (non-hydrogen) atoms. The summed E-state index contributed by atoms with van der Waals surface area (Å²) in [7, 11) is 1.39. The van der Waals surface area contributed by atoms with Gasteiger partial charge in [-0.3, -0.25) is 14.5 Å². The van der Waals surface area contributed by atoms with Gasteiger partial charge in [-0.2, -0.15) is 0 Å². The molecule has 0 bridgehead atoms. The van der Waals surface area contributed by atoms with Crippen molar-refractivity contribution in [1.82, 2.24) is 0 Å². The molecule has 1 amide bonds. The number of hydrogen-bond donors (Lipinski definition) is 2. The van der Waals surface area contributed by atoms with Crippen LogP contribution in [-0.2, 0) is 9.59 Å². The van der Waals surface area contributed by atoms with Gasteiger partial charge < -0.3 is 14.9 Å². The summed E-state index contributed by atoms with van der Waals surface area (Å²) in [5, 5.41) is 21.8. The average Bonchev–Trinajstić information content (AvgIpc) is 3.03. The predicted molar refractivity (Wildman–Crippen MR) is 127 cm³/mol. The second-order valence-electron chi connectivity index (χ2n) is 7.22. The largest absolute Gasteiger partial charge is 0.508 e. The zero-order chi connectivity index (χ0) is 23.9. The number of Topliss-reactive ketones (excluding diaryl/α,β-unsaturated/α-hetero) is 1. The average molecular weight is 505 g/mol. The molecule has 3 aromatic carbocycles. The number of ketones is 1. The molecule has 0 aromatic heterocycles. The number of carbonyl (C=O) groups is 2. The SMILES string of the molecule is COc1c(Cl)cc(/C(O)=C2\C(=O)C(=O)N(c3cccc(Cl)c3)C2c2cccc(O)c2)cc1Cl. The standard InChI is InChI=1S/C24H16Cl3NO5/c1-33-23-17(26)9-13(10-18(23)27)21(30)19-20(12-4-2-7-16(29)8-12)28(24(32)22(19)31)15-6-3-5-14(25)11-15/h2-11,20,29-30H,1H3/b21-19+. The third-order valence-electron chi connectivity index (χ3n) is 5.19. The first-order chi connectivity index (χ1) is 15.7. The van der Waals surface area contributed by atoms with E-state index in [2.05, 4.69) is 0 Å². The lowest BCUT2D eigenvalue weighted by molar-refractivity contribution is -0.132. The number of rotatable bonds is 4. The van der Waals surface area contributed by atoms with Crippen LogP contribution in [0.5, 0.6) is 11.5 Å². The van der Waals surface area contributed by atoms with Gasteiger partial charge in [-0.25, -0.2) is 0 Å². The van der Waals surface area contributed by atoms with Crippen molar-refractivity contribution in [2.45, 2.75) is 6.04 Å². The molecule has 1 saturated heterocycles. The van der Waals surface area contributed by atoms with Crippen LogP contribution in [0.1, 0.15) is 17.2 Å². The first-order valence-corrected chi connectivity index (χ1v) is 10.7. The molecule has 6 nitrogen and oxygen atoms in total. The molecule has 3 aromatic rings. The number of benzene rings is 3. The van der Waals surface area contributed by atoms with Gasteiger partial charge in [-0.15, -0.1) is 0 Å². The van der Waals surface area contributed by atoms with Crippen LogP contribution in [0.3, 0.4) is 0 Å². The van der Waals surface area contributed by atoms with E-state index in [0.717, 1.165) is 0 Å². The Bertz CT molecular complexity index is 1300. The summed E-state index contributed by atoms with van der Waals surface area (Å²) in [5.41, 5.74) is 0.687. The normalized spacial score (nSPS) is 17.5. The van der Waals surface area contributed by atoms with E-state index in [-0.39, 0.29) is 32.7 Å². The van der Waals surface area contributed by atoms with E-state index < -0.39 is 23.5 Å². The molecule has 1 unspecified atom stereocenters. The molecule has 1 atom stereocenters. The second-order valence-corrected chi connectivity index (χ2v) is 8.47. The van der Waals surface area contributed by atoms with Gasteiger partial charge >= 0.3 is 0 Å². The lowest BCUT2D eigenvalue weighted by Gasteiger charge is -2.25. The van der Waals surface area contributed by atoms with Crippen molar-refractivity contribution in [2.75, 3.05) is 12.0 Å². The Hall–Kier alpha value is -3.19. The number of aromatic hydroxyl groups is 1. The van der Waals surface area contributed by atoms with Gasteiger partial charge in [0.1, 0.15) is 11.5 Å². The highest BCUT2D eigenvalue weighted by molar-refractivity contribution is 6.52. The van der Waals surface area contributed by atoms with E-state index in [4.69, 9.17) is 39.5 Å². The number of carbonyl (C=O) groups excluding carboxylic acids is 2. The first-order valence-electron chi connectivity index (χ1n) is 9.61. The van der Waals surface area contributed by atoms with Gasteiger partial charge in [0, 0.05) is 16.3 Å². The number of phenols is 1. The molecule has 0 aliphatic carbocycles. The zero-order valence-electron chi connectivity index (χ0n) is 17.1. The Morgan fingerprint density at radius 2 is 1.64 bits per heavy atom. The number of anilines is 1. The fraction of sp³-hybridized carbons (Fsp3) is 0.0833. The number of phenolic OH excluding ortho intramolecular Hbond substituents is 1. The van der Waals surface area contributed by atoms with E-state index >= 15 is 0 Å². The van der Waals surface area contributed by atoms with Crippen LogP contribution in [0.4, 0.5) is 5.69 Å². The Labute approximate surface area is 204 Å². The molecule has 1 heterocycles. The number of halogens is 3. The minimum absolute atomic E-state index is 0.0697. The van der Waals surface area contributed by atoms with Crippen molar-refractivity contribution >= 4 is 57.9 Å². The monoisotopic (exact) mass is 503 g/mol. The van der Waals surface area contributed by atoms with Gasteiger partial charge in [0.25, 0.3) is 11.7 Å². The summed E-state index contributed by atoms with van der Waals surface area (Å²) in [6, 6.07) is 14.2. The van der Waals surface area contributed by atoms with Crippen LogP contribution in [0, 0.1) is 0 Å². The van der Waals surface area contributed by atoms with Gasteiger partial charge in [0.15, 0.2) is 5.75 Å². The van der Waals surface area contributed by atoms with Gasteiger partial charge in [0.05, 0.1) is 28.8 Å². The fourth-order valence-corrected chi connectivity index (χ4v) is 4.61. The summed E-state index contributed by atoms with van der Waals surface area (Å²) in [6.07, 6.45) is 0. The Kier molecular flexibility index (Phi) is 6.26. The quantitative estimate of drug-likeness (QED) is 0.259. The highest BCUT2D eigenvalue weighted by Gasteiger charge is 2.47. The van der Waals surface area contributed by atoms with Crippen LogP contribution in [0.2, 0.25) is 15.1 Å². The van der Waals surface area contributed by atoms with Gasteiger partial charge in [0.2, 0.25) is 0 Å². The van der Waals surface area contributed by atoms with Crippen molar-refractivity contribution < 1.29 is 24.5 Å². The number of hydrogen-bond acceptors (Lipinski definition) is 5.